The van der Waals surface area contributed by atoms with Crippen molar-refractivity contribution in [1.29, 1.82) is 0 Å². The molecular weight excluding hydrogens is 335 g/mol. The summed E-state index contributed by atoms with van der Waals surface area (Å²) in [6, 6.07) is 13.7. The molecule has 123 valence electrons. The second-order valence-electron chi connectivity index (χ2n) is 5.62. The molecule has 0 aliphatic rings. The summed E-state index contributed by atoms with van der Waals surface area (Å²) < 4.78 is 15.7. The van der Waals surface area contributed by atoms with Crippen LogP contribution < -0.4 is 0 Å². The molecule has 4 rings (SSSR count). The number of hydrogen-bond acceptors (Lipinski definition) is 4. The van der Waals surface area contributed by atoms with Gasteiger partial charge in [-0.25, -0.2) is 14.4 Å². The standard InChI is InChI=1S/C19H14FN4S/c1-12-7-8-16(20)15(9-12)13-10-21-19(22-11-13)24-17-6-4-3-5-14(17)18(23-24)25-2/h3,5-11H,1-2H3. The van der Waals surface area contributed by atoms with Crippen LogP contribution in [0.1, 0.15) is 5.56 Å². The maximum atomic E-state index is 14.1. The lowest BCUT2D eigenvalue weighted by Gasteiger charge is -2.06. The molecule has 1 radical (unpaired) electrons. The van der Waals surface area contributed by atoms with Crippen molar-refractivity contribution < 1.29 is 4.39 Å². The largest absolute Gasteiger partial charge is 0.251 e. The number of benzene rings is 2. The van der Waals surface area contributed by atoms with Gasteiger partial charge >= 0.3 is 0 Å². The number of aromatic nitrogens is 4. The molecule has 0 aliphatic heterocycles. The molecule has 4 aromatic rings. The van der Waals surface area contributed by atoms with E-state index in [4.69, 9.17) is 0 Å². The minimum atomic E-state index is -0.286. The zero-order valence-corrected chi connectivity index (χ0v) is 14.5. The van der Waals surface area contributed by atoms with E-state index in [1.165, 1.54) is 6.07 Å². The van der Waals surface area contributed by atoms with Gasteiger partial charge < -0.3 is 0 Å². The third-order valence-electron chi connectivity index (χ3n) is 3.95. The van der Waals surface area contributed by atoms with E-state index in [0.29, 0.717) is 17.1 Å². The highest BCUT2D eigenvalue weighted by Gasteiger charge is 2.13. The van der Waals surface area contributed by atoms with E-state index >= 15 is 0 Å². The Kier molecular flexibility index (Phi) is 3.97. The number of fused-ring (bicyclic) bond motifs is 1. The Bertz CT molecular complexity index is 1060. The fourth-order valence-electron chi connectivity index (χ4n) is 2.71. The Labute approximate surface area is 148 Å². The molecule has 0 saturated carbocycles. The molecule has 0 unspecified atom stereocenters. The maximum Gasteiger partial charge on any atom is 0.251 e. The number of aryl methyl sites for hydroxylation is 1. The zero-order chi connectivity index (χ0) is 17.4. The molecule has 0 spiro atoms. The first-order valence-corrected chi connectivity index (χ1v) is 8.91. The minimum Gasteiger partial charge on any atom is -0.219 e. The third-order valence-corrected chi connectivity index (χ3v) is 4.63. The van der Waals surface area contributed by atoms with E-state index in [1.807, 2.05) is 31.4 Å². The van der Waals surface area contributed by atoms with Gasteiger partial charge in [0.15, 0.2) is 0 Å². The summed E-state index contributed by atoms with van der Waals surface area (Å²) in [5.74, 6) is 0.160. The van der Waals surface area contributed by atoms with Crippen molar-refractivity contribution in [1.82, 2.24) is 19.7 Å². The summed E-state index contributed by atoms with van der Waals surface area (Å²) in [5, 5.41) is 6.51. The van der Waals surface area contributed by atoms with E-state index in [1.54, 1.807) is 41.0 Å². The summed E-state index contributed by atoms with van der Waals surface area (Å²) in [5.41, 5.74) is 3.01. The molecule has 0 aliphatic carbocycles. The quantitative estimate of drug-likeness (QED) is 0.513. The molecule has 4 nitrogen and oxygen atoms in total. The number of rotatable bonds is 3. The van der Waals surface area contributed by atoms with Crippen LogP contribution in [-0.2, 0) is 0 Å². The number of thioether (sulfide) groups is 1. The second kappa shape index (κ2) is 6.29. The van der Waals surface area contributed by atoms with Crippen molar-refractivity contribution in [3.63, 3.8) is 0 Å². The Morgan fingerprint density at radius 1 is 1.16 bits per heavy atom. The maximum absolute atomic E-state index is 14.1. The van der Waals surface area contributed by atoms with Gasteiger partial charge in [-0.3, -0.25) is 0 Å². The van der Waals surface area contributed by atoms with Gasteiger partial charge in [0.1, 0.15) is 10.8 Å². The number of nitrogens with zero attached hydrogens (tertiary/aromatic N) is 4. The van der Waals surface area contributed by atoms with Crippen LogP contribution in [0, 0.1) is 18.8 Å². The fourth-order valence-corrected chi connectivity index (χ4v) is 3.27. The molecule has 2 aromatic carbocycles. The van der Waals surface area contributed by atoms with Gasteiger partial charge in [0, 0.05) is 28.9 Å². The number of halogens is 1. The smallest absolute Gasteiger partial charge is 0.219 e. The van der Waals surface area contributed by atoms with Crippen LogP contribution in [0.15, 0.2) is 53.8 Å². The lowest BCUT2D eigenvalue weighted by atomic mass is 10.1. The van der Waals surface area contributed by atoms with E-state index in [9.17, 15) is 4.39 Å². The molecule has 0 saturated heterocycles. The van der Waals surface area contributed by atoms with Gasteiger partial charge in [0.2, 0.25) is 0 Å². The summed E-state index contributed by atoms with van der Waals surface area (Å²) >= 11 is 1.57. The van der Waals surface area contributed by atoms with Gasteiger partial charge in [0.05, 0.1) is 5.52 Å². The van der Waals surface area contributed by atoms with Crippen molar-refractivity contribution in [2.75, 3.05) is 6.26 Å². The van der Waals surface area contributed by atoms with Gasteiger partial charge in [-0.1, -0.05) is 17.7 Å². The first-order chi connectivity index (χ1) is 12.2. The minimum absolute atomic E-state index is 0.286. The molecule has 0 atom stereocenters. The monoisotopic (exact) mass is 349 g/mol. The molecular formula is C19H14FN4S. The van der Waals surface area contributed by atoms with Crippen molar-refractivity contribution in [2.24, 2.45) is 0 Å². The highest BCUT2D eigenvalue weighted by atomic mass is 32.2. The van der Waals surface area contributed by atoms with E-state index in [0.717, 1.165) is 21.5 Å². The molecule has 2 heterocycles. The van der Waals surface area contributed by atoms with Crippen molar-refractivity contribution in [3.8, 4) is 17.1 Å². The van der Waals surface area contributed by atoms with E-state index in [2.05, 4.69) is 21.1 Å². The molecule has 0 amide bonds. The predicted octanol–water partition coefficient (Wildman–Crippen LogP) is 4.45. The third kappa shape index (κ3) is 2.78. The Morgan fingerprint density at radius 3 is 2.72 bits per heavy atom. The normalized spacial score (nSPS) is 11.2. The Morgan fingerprint density at radius 2 is 1.96 bits per heavy atom. The van der Waals surface area contributed by atoms with Crippen LogP contribution in [0.3, 0.4) is 0 Å². The van der Waals surface area contributed by atoms with Crippen LogP contribution in [-0.4, -0.2) is 26.0 Å². The average Bonchev–Trinajstić information content (AvgIpc) is 3.03. The SMILES string of the molecule is CSc1nn(-c2ncc(-c3cc(C)ccc3F)cn2)c2c[c]ccc12. The van der Waals surface area contributed by atoms with Crippen molar-refractivity contribution in [3.05, 3.63) is 66.2 Å². The summed E-state index contributed by atoms with van der Waals surface area (Å²) in [4.78, 5) is 8.79. The Hall–Kier alpha value is -2.73. The molecule has 0 fully saturated rings. The van der Waals surface area contributed by atoms with Gasteiger partial charge in [-0.05, 0) is 43.5 Å². The average molecular weight is 349 g/mol. The van der Waals surface area contributed by atoms with Crippen molar-refractivity contribution in [2.45, 2.75) is 11.9 Å². The number of hydrogen-bond donors (Lipinski definition) is 0. The highest BCUT2D eigenvalue weighted by molar-refractivity contribution is 7.98. The summed E-state index contributed by atoms with van der Waals surface area (Å²) in [7, 11) is 0. The molecule has 0 bridgehead atoms. The zero-order valence-electron chi connectivity index (χ0n) is 13.7. The first-order valence-electron chi connectivity index (χ1n) is 7.69. The predicted molar refractivity (Wildman–Crippen MR) is 97.4 cm³/mol. The van der Waals surface area contributed by atoms with Gasteiger partial charge in [-0.2, -0.15) is 9.78 Å². The van der Waals surface area contributed by atoms with Crippen LogP contribution in [0.4, 0.5) is 4.39 Å². The highest BCUT2D eigenvalue weighted by Crippen LogP contribution is 2.27. The van der Waals surface area contributed by atoms with Gasteiger partial charge in [0.25, 0.3) is 5.95 Å². The fraction of sp³-hybridized carbons (Fsp3) is 0.105. The molecule has 0 N–H and O–H groups in total. The first kappa shape index (κ1) is 15.8. The summed E-state index contributed by atoms with van der Waals surface area (Å²) in [6.45, 7) is 1.93. The Balaban J connectivity index is 1.80. The van der Waals surface area contributed by atoms with Crippen molar-refractivity contribution >= 4 is 22.7 Å². The molecule has 6 heteroatoms. The van der Waals surface area contributed by atoms with Crippen LogP contribution in [0.2, 0.25) is 0 Å². The molecule has 2 aromatic heterocycles. The van der Waals surface area contributed by atoms with Crippen LogP contribution in [0.5, 0.6) is 0 Å². The summed E-state index contributed by atoms with van der Waals surface area (Å²) in [6.07, 6.45) is 5.23. The molecule has 25 heavy (non-hydrogen) atoms. The second-order valence-corrected chi connectivity index (χ2v) is 6.41. The van der Waals surface area contributed by atoms with Crippen LogP contribution >= 0.6 is 11.8 Å². The van der Waals surface area contributed by atoms with E-state index < -0.39 is 0 Å². The van der Waals surface area contributed by atoms with E-state index in [-0.39, 0.29) is 5.82 Å². The lowest BCUT2D eigenvalue weighted by molar-refractivity contribution is 0.630. The lowest BCUT2D eigenvalue weighted by Crippen LogP contribution is -2.03. The van der Waals surface area contributed by atoms with Gasteiger partial charge in [-0.15, -0.1) is 11.8 Å². The topological polar surface area (TPSA) is 43.6 Å². The van der Waals surface area contributed by atoms with Crippen LogP contribution in [0.25, 0.3) is 28.0 Å².